The van der Waals surface area contributed by atoms with Crippen molar-refractivity contribution < 1.29 is 9.18 Å². The Labute approximate surface area is 114 Å². The van der Waals surface area contributed by atoms with Gasteiger partial charge >= 0.3 is 0 Å². The van der Waals surface area contributed by atoms with Gasteiger partial charge in [-0.1, -0.05) is 12.1 Å². The van der Waals surface area contributed by atoms with E-state index in [9.17, 15) is 9.18 Å². The third-order valence-electron chi connectivity index (χ3n) is 2.95. The van der Waals surface area contributed by atoms with Gasteiger partial charge in [0, 0.05) is 25.0 Å². The molecule has 0 unspecified atom stereocenters. The molecule has 0 amide bonds. The molecule has 0 radical (unpaired) electrons. The standard InChI is InChI=1S/C14H11FN4O/c1-18-7-10(6-16-18)14-11(9-20)8-19(17-14)13-5-3-2-4-12(13)15/h2-9H,1H3. The fourth-order valence-corrected chi connectivity index (χ4v) is 2.00. The van der Waals surface area contributed by atoms with E-state index in [0.717, 1.165) is 0 Å². The van der Waals surface area contributed by atoms with E-state index in [2.05, 4.69) is 10.2 Å². The molecule has 1 aromatic carbocycles. The molecule has 0 N–H and O–H groups in total. The molecule has 20 heavy (non-hydrogen) atoms. The first-order valence-corrected chi connectivity index (χ1v) is 5.98. The highest BCUT2D eigenvalue weighted by Crippen LogP contribution is 2.22. The summed E-state index contributed by atoms with van der Waals surface area (Å²) >= 11 is 0. The van der Waals surface area contributed by atoms with Gasteiger partial charge in [0.25, 0.3) is 0 Å². The van der Waals surface area contributed by atoms with Crippen LogP contribution in [0.2, 0.25) is 0 Å². The van der Waals surface area contributed by atoms with Crippen LogP contribution in [0.3, 0.4) is 0 Å². The van der Waals surface area contributed by atoms with Gasteiger partial charge < -0.3 is 0 Å². The maximum atomic E-state index is 13.8. The molecule has 0 aliphatic heterocycles. The zero-order valence-electron chi connectivity index (χ0n) is 10.7. The molecule has 100 valence electrons. The minimum Gasteiger partial charge on any atom is -0.298 e. The Morgan fingerprint density at radius 3 is 2.70 bits per heavy atom. The number of aromatic nitrogens is 4. The number of carbonyl (C=O) groups excluding carboxylic acids is 1. The second-order valence-electron chi connectivity index (χ2n) is 4.35. The summed E-state index contributed by atoms with van der Waals surface area (Å²) in [5.74, 6) is -0.398. The first-order chi connectivity index (χ1) is 9.69. The van der Waals surface area contributed by atoms with Crippen molar-refractivity contribution in [3.05, 3.63) is 54.2 Å². The highest BCUT2D eigenvalue weighted by molar-refractivity contribution is 5.85. The molecule has 0 spiro atoms. The van der Waals surface area contributed by atoms with Gasteiger partial charge in [-0.15, -0.1) is 0 Å². The summed E-state index contributed by atoms with van der Waals surface area (Å²) in [6.45, 7) is 0. The lowest BCUT2D eigenvalue weighted by Crippen LogP contribution is -1.97. The molecule has 6 heteroatoms. The van der Waals surface area contributed by atoms with Gasteiger partial charge in [0.2, 0.25) is 0 Å². The third kappa shape index (κ3) is 2.01. The van der Waals surface area contributed by atoms with Crippen LogP contribution in [0.1, 0.15) is 10.4 Å². The molecule has 0 saturated carbocycles. The summed E-state index contributed by atoms with van der Waals surface area (Å²) in [6, 6.07) is 6.26. The zero-order chi connectivity index (χ0) is 14.1. The summed E-state index contributed by atoms with van der Waals surface area (Å²) in [4.78, 5) is 11.2. The number of nitrogens with zero attached hydrogens (tertiary/aromatic N) is 4. The number of aldehydes is 1. The largest absolute Gasteiger partial charge is 0.298 e. The van der Waals surface area contributed by atoms with E-state index < -0.39 is 5.82 Å². The van der Waals surface area contributed by atoms with E-state index in [0.29, 0.717) is 28.8 Å². The highest BCUT2D eigenvalue weighted by Gasteiger charge is 2.14. The van der Waals surface area contributed by atoms with Crippen LogP contribution in [0.25, 0.3) is 16.9 Å². The SMILES string of the molecule is Cn1cc(-c2nn(-c3ccccc3F)cc2C=O)cn1. The quantitative estimate of drug-likeness (QED) is 0.686. The molecule has 0 fully saturated rings. The smallest absolute Gasteiger partial charge is 0.153 e. The lowest BCUT2D eigenvalue weighted by atomic mass is 10.2. The van der Waals surface area contributed by atoms with Gasteiger partial charge in [0.05, 0.1) is 11.8 Å². The monoisotopic (exact) mass is 270 g/mol. The van der Waals surface area contributed by atoms with Crippen LogP contribution in [-0.2, 0) is 7.05 Å². The van der Waals surface area contributed by atoms with Crippen molar-refractivity contribution in [1.29, 1.82) is 0 Å². The normalized spacial score (nSPS) is 10.7. The van der Waals surface area contributed by atoms with Crippen LogP contribution in [0.15, 0.2) is 42.9 Å². The molecule has 3 aromatic rings. The van der Waals surface area contributed by atoms with Crippen LogP contribution in [0.5, 0.6) is 0 Å². The molecule has 0 aliphatic rings. The Morgan fingerprint density at radius 2 is 2.05 bits per heavy atom. The lowest BCUT2D eigenvalue weighted by molar-refractivity contribution is 0.112. The number of carbonyl (C=O) groups is 1. The number of hydrogen-bond donors (Lipinski definition) is 0. The molecule has 0 bridgehead atoms. The number of hydrogen-bond acceptors (Lipinski definition) is 3. The predicted octanol–water partition coefficient (Wildman–Crippen LogP) is 2.22. The Kier molecular flexibility index (Phi) is 2.90. The summed E-state index contributed by atoms with van der Waals surface area (Å²) in [6.07, 6.45) is 5.57. The second-order valence-corrected chi connectivity index (χ2v) is 4.35. The summed E-state index contributed by atoms with van der Waals surface area (Å²) < 4.78 is 16.7. The number of rotatable bonds is 3. The maximum Gasteiger partial charge on any atom is 0.153 e. The zero-order valence-corrected chi connectivity index (χ0v) is 10.7. The summed E-state index contributed by atoms with van der Waals surface area (Å²) in [7, 11) is 1.78. The topological polar surface area (TPSA) is 52.7 Å². The van der Waals surface area contributed by atoms with Gasteiger partial charge in [-0.2, -0.15) is 10.2 Å². The van der Waals surface area contributed by atoms with Gasteiger partial charge in [-0.05, 0) is 12.1 Å². The minimum absolute atomic E-state index is 0.297. The predicted molar refractivity (Wildman–Crippen MR) is 71.1 cm³/mol. The maximum absolute atomic E-state index is 13.8. The van der Waals surface area contributed by atoms with Crippen molar-refractivity contribution in [1.82, 2.24) is 19.6 Å². The van der Waals surface area contributed by atoms with Gasteiger partial charge in [0.1, 0.15) is 17.2 Å². The Morgan fingerprint density at radius 1 is 1.25 bits per heavy atom. The number of aryl methyl sites for hydroxylation is 1. The Balaban J connectivity index is 2.14. The molecular weight excluding hydrogens is 259 g/mol. The Bertz CT molecular complexity index is 775. The fraction of sp³-hybridized carbons (Fsp3) is 0.0714. The van der Waals surface area contributed by atoms with Crippen molar-refractivity contribution in [2.75, 3.05) is 0 Å². The van der Waals surface area contributed by atoms with E-state index in [1.54, 1.807) is 42.3 Å². The lowest BCUT2D eigenvalue weighted by Gasteiger charge is -2.01. The molecule has 0 atom stereocenters. The summed E-state index contributed by atoms with van der Waals surface area (Å²) in [5, 5.41) is 8.33. The second kappa shape index (κ2) is 4.73. The first-order valence-electron chi connectivity index (χ1n) is 5.98. The highest BCUT2D eigenvalue weighted by atomic mass is 19.1. The third-order valence-corrected chi connectivity index (χ3v) is 2.95. The minimum atomic E-state index is -0.398. The fourth-order valence-electron chi connectivity index (χ4n) is 2.00. The van der Waals surface area contributed by atoms with Gasteiger partial charge in [-0.3, -0.25) is 9.48 Å². The molecule has 2 heterocycles. The van der Waals surface area contributed by atoms with Crippen LogP contribution in [-0.4, -0.2) is 25.8 Å². The van der Waals surface area contributed by atoms with Crippen molar-refractivity contribution in [3.63, 3.8) is 0 Å². The molecule has 2 aromatic heterocycles. The molecular formula is C14H11FN4O. The Hall–Kier alpha value is -2.76. The van der Waals surface area contributed by atoms with Crippen LogP contribution in [0.4, 0.5) is 4.39 Å². The average molecular weight is 270 g/mol. The van der Waals surface area contributed by atoms with Crippen molar-refractivity contribution in [2.45, 2.75) is 0 Å². The molecule has 5 nitrogen and oxygen atoms in total. The van der Waals surface area contributed by atoms with E-state index in [-0.39, 0.29) is 0 Å². The van der Waals surface area contributed by atoms with Crippen molar-refractivity contribution in [2.24, 2.45) is 7.05 Å². The number of halogens is 1. The number of para-hydroxylation sites is 1. The van der Waals surface area contributed by atoms with Crippen molar-refractivity contribution >= 4 is 6.29 Å². The van der Waals surface area contributed by atoms with Crippen LogP contribution >= 0.6 is 0 Å². The molecule has 3 rings (SSSR count). The van der Waals surface area contributed by atoms with Crippen LogP contribution < -0.4 is 0 Å². The number of benzene rings is 1. The van der Waals surface area contributed by atoms with E-state index >= 15 is 0 Å². The van der Waals surface area contributed by atoms with Gasteiger partial charge in [-0.25, -0.2) is 9.07 Å². The van der Waals surface area contributed by atoms with Crippen LogP contribution in [0, 0.1) is 5.82 Å². The van der Waals surface area contributed by atoms with Crippen molar-refractivity contribution in [3.8, 4) is 16.9 Å². The van der Waals surface area contributed by atoms with E-state index in [1.807, 2.05) is 0 Å². The molecule has 0 saturated heterocycles. The van der Waals surface area contributed by atoms with Gasteiger partial charge in [0.15, 0.2) is 6.29 Å². The van der Waals surface area contributed by atoms with E-state index in [1.165, 1.54) is 16.9 Å². The first kappa shape index (κ1) is 12.3. The average Bonchev–Trinajstić information content (AvgIpc) is 3.05. The molecule has 0 aliphatic carbocycles. The van der Waals surface area contributed by atoms with E-state index in [4.69, 9.17) is 0 Å². The summed E-state index contributed by atoms with van der Waals surface area (Å²) in [5.41, 5.74) is 1.88.